The molecule has 0 amide bonds. The van der Waals surface area contributed by atoms with E-state index in [2.05, 4.69) is 25.1 Å². The highest BCUT2D eigenvalue weighted by atomic mass is 32.2. The van der Waals surface area contributed by atoms with Crippen LogP contribution >= 0.6 is 0 Å². The van der Waals surface area contributed by atoms with E-state index in [0.717, 1.165) is 16.8 Å². The lowest BCUT2D eigenvalue weighted by Crippen LogP contribution is -2.29. The van der Waals surface area contributed by atoms with Crippen LogP contribution in [0.3, 0.4) is 0 Å². The van der Waals surface area contributed by atoms with E-state index in [0.29, 0.717) is 23.1 Å². The highest BCUT2D eigenvalue weighted by Crippen LogP contribution is 2.16. The summed E-state index contributed by atoms with van der Waals surface area (Å²) in [5.41, 5.74) is 2.52. The lowest BCUT2D eigenvalue weighted by Gasteiger charge is -2.11. The molecule has 0 bridgehead atoms. The summed E-state index contributed by atoms with van der Waals surface area (Å²) in [7, 11) is -3.55. The summed E-state index contributed by atoms with van der Waals surface area (Å²) in [5.74, 6) is 1.23. The Morgan fingerprint density at radius 3 is 2.59 bits per heavy atom. The van der Waals surface area contributed by atoms with Crippen LogP contribution in [-0.2, 0) is 10.0 Å². The summed E-state index contributed by atoms with van der Waals surface area (Å²) >= 11 is 0. The third-order valence-corrected chi connectivity index (χ3v) is 5.57. The number of nitrogens with zero attached hydrogens (tertiary/aromatic N) is 4. The summed E-state index contributed by atoms with van der Waals surface area (Å²) in [6.45, 7) is 6.17. The number of sulfonamides is 1. The van der Waals surface area contributed by atoms with Crippen LogP contribution in [0, 0.1) is 20.8 Å². The Kier molecular flexibility index (Phi) is 5.52. The second kappa shape index (κ2) is 7.85. The van der Waals surface area contributed by atoms with Crippen LogP contribution in [0.15, 0.2) is 47.8 Å². The first kappa shape index (κ1) is 19.0. The molecule has 0 radical (unpaired) electrons. The van der Waals surface area contributed by atoms with Crippen LogP contribution in [-0.4, -0.2) is 41.3 Å². The summed E-state index contributed by atoms with van der Waals surface area (Å²) in [6.07, 6.45) is 3.26. The average molecular weight is 386 g/mol. The molecular weight excluding hydrogens is 364 g/mol. The van der Waals surface area contributed by atoms with Crippen molar-refractivity contribution >= 4 is 15.8 Å². The molecule has 1 aromatic carbocycles. The first-order chi connectivity index (χ1) is 12.8. The van der Waals surface area contributed by atoms with Crippen molar-refractivity contribution in [3.05, 3.63) is 59.7 Å². The summed E-state index contributed by atoms with van der Waals surface area (Å²) in [6, 6.07) is 9.02. The van der Waals surface area contributed by atoms with Gasteiger partial charge >= 0.3 is 0 Å². The van der Waals surface area contributed by atoms with E-state index < -0.39 is 10.0 Å². The van der Waals surface area contributed by atoms with Gasteiger partial charge in [0.25, 0.3) is 0 Å². The molecule has 27 heavy (non-hydrogen) atoms. The van der Waals surface area contributed by atoms with Gasteiger partial charge in [0.15, 0.2) is 5.82 Å². The molecule has 0 fully saturated rings. The summed E-state index contributed by atoms with van der Waals surface area (Å²) in [5, 5.41) is 7.40. The Morgan fingerprint density at radius 2 is 1.85 bits per heavy atom. The Balaban J connectivity index is 1.59. The maximum Gasteiger partial charge on any atom is 0.240 e. The minimum atomic E-state index is -3.55. The van der Waals surface area contributed by atoms with E-state index in [1.807, 2.05) is 38.2 Å². The van der Waals surface area contributed by atoms with Crippen molar-refractivity contribution in [1.82, 2.24) is 24.5 Å². The summed E-state index contributed by atoms with van der Waals surface area (Å²) in [4.78, 5) is 8.64. The van der Waals surface area contributed by atoms with Crippen molar-refractivity contribution in [2.75, 3.05) is 18.4 Å². The second-order valence-electron chi connectivity index (χ2n) is 6.26. The third-order valence-electron chi connectivity index (χ3n) is 3.97. The molecular formula is C18H22N6O2S. The Bertz CT molecular complexity index is 1050. The molecule has 0 saturated carbocycles. The maximum absolute atomic E-state index is 12.5. The molecule has 0 unspecified atom stereocenters. The number of aryl methyl sites for hydroxylation is 3. The smallest absolute Gasteiger partial charge is 0.240 e. The molecule has 142 valence electrons. The number of anilines is 1. The zero-order valence-electron chi connectivity index (χ0n) is 15.5. The van der Waals surface area contributed by atoms with Gasteiger partial charge in [0.1, 0.15) is 12.1 Å². The fourth-order valence-corrected chi connectivity index (χ4v) is 3.92. The third kappa shape index (κ3) is 4.69. The standard InChI is InChI=1S/C18H22N6O2S/c1-13-4-5-14(2)16(10-13)27(25,26)22-8-7-19-17-11-18(21-12-20-17)24-9-6-15(3)23-24/h4-6,9-12,22H,7-8H2,1-3H3,(H,19,20,21). The monoisotopic (exact) mass is 386 g/mol. The van der Waals surface area contributed by atoms with Gasteiger partial charge < -0.3 is 5.32 Å². The number of rotatable bonds is 7. The van der Waals surface area contributed by atoms with Crippen LogP contribution in [0.4, 0.5) is 5.82 Å². The van der Waals surface area contributed by atoms with Gasteiger partial charge in [-0.15, -0.1) is 0 Å². The van der Waals surface area contributed by atoms with Crippen LogP contribution < -0.4 is 10.0 Å². The molecule has 0 spiro atoms. The average Bonchev–Trinajstić information content (AvgIpc) is 3.07. The van der Waals surface area contributed by atoms with E-state index in [4.69, 9.17) is 0 Å². The SMILES string of the molecule is Cc1ccc(C)c(S(=O)(=O)NCCNc2cc(-n3ccc(C)n3)ncn2)c1. The molecule has 9 heteroatoms. The van der Waals surface area contributed by atoms with Gasteiger partial charge in [0.2, 0.25) is 10.0 Å². The van der Waals surface area contributed by atoms with Gasteiger partial charge in [-0.25, -0.2) is 27.8 Å². The van der Waals surface area contributed by atoms with Crippen molar-refractivity contribution in [3.8, 4) is 5.82 Å². The maximum atomic E-state index is 12.5. The van der Waals surface area contributed by atoms with Crippen LogP contribution in [0.25, 0.3) is 5.82 Å². The molecule has 8 nitrogen and oxygen atoms in total. The number of hydrogen-bond acceptors (Lipinski definition) is 6. The Morgan fingerprint density at radius 1 is 1.04 bits per heavy atom. The van der Waals surface area contributed by atoms with Gasteiger partial charge in [-0.05, 0) is 44.0 Å². The molecule has 2 N–H and O–H groups in total. The van der Waals surface area contributed by atoms with E-state index in [1.54, 1.807) is 23.7 Å². The molecule has 3 aromatic rings. The first-order valence-electron chi connectivity index (χ1n) is 8.51. The normalized spacial score (nSPS) is 11.5. The van der Waals surface area contributed by atoms with Crippen molar-refractivity contribution in [2.45, 2.75) is 25.7 Å². The molecule has 0 saturated heterocycles. The predicted molar refractivity (Wildman–Crippen MR) is 103 cm³/mol. The number of aromatic nitrogens is 4. The lowest BCUT2D eigenvalue weighted by atomic mass is 10.2. The van der Waals surface area contributed by atoms with Crippen molar-refractivity contribution in [1.29, 1.82) is 0 Å². The van der Waals surface area contributed by atoms with Gasteiger partial charge in [0.05, 0.1) is 10.6 Å². The quantitative estimate of drug-likeness (QED) is 0.602. The molecule has 0 atom stereocenters. The zero-order chi connectivity index (χ0) is 19.4. The lowest BCUT2D eigenvalue weighted by molar-refractivity contribution is 0.582. The number of benzene rings is 1. The highest BCUT2D eigenvalue weighted by Gasteiger charge is 2.16. The predicted octanol–water partition coefficient (Wildman–Crippen LogP) is 1.98. The molecule has 2 heterocycles. The molecule has 2 aromatic heterocycles. The highest BCUT2D eigenvalue weighted by molar-refractivity contribution is 7.89. The summed E-state index contributed by atoms with van der Waals surface area (Å²) < 4.78 is 29.2. The van der Waals surface area contributed by atoms with Crippen LogP contribution in [0.5, 0.6) is 0 Å². The number of nitrogens with one attached hydrogen (secondary N) is 2. The van der Waals surface area contributed by atoms with Crippen LogP contribution in [0.2, 0.25) is 0 Å². The van der Waals surface area contributed by atoms with Crippen molar-refractivity contribution in [2.24, 2.45) is 0 Å². The minimum absolute atomic E-state index is 0.232. The zero-order valence-corrected chi connectivity index (χ0v) is 16.3. The fourth-order valence-electron chi connectivity index (χ4n) is 2.56. The molecule has 0 aliphatic heterocycles. The van der Waals surface area contributed by atoms with E-state index in [9.17, 15) is 8.42 Å². The fraction of sp³-hybridized carbons (Fsp3) is 0.278. The topological polar surface area (TPSA) is 102 Å². The van der Waals surface area contributed by atoms with E-state index >= 15 is 0 Å². The van der Waals surface area contributed by atoms with E-state index in [-0.39, 0.29) is 6.54 Å². The van der Waals surface area contributed by atoms with Crippen LogP contribution in [0.1, 0.15) is 16.8 Å². The number of hydrogen-bond donors (Lipinski definition) is 2. The van der Waals surface area contributed by atoms with Crippen molar-refractivity contribution in [3.63, 3.8) is 0 Å². The van der Waals surface area contributed by atoms with E-state index in [1.165, 1.54) is 6.33 Å². The largest absolute Gasteiger partial charge is 0.369 e. The van der Waals surface area contributed by atoms with Gasteiger partial charge in [0, 0.05) is 25.4 Å². The van der Waals surface area contributed by atoms with Gasteiger partial charge in [-0.1, -0.05) is 12.1 Å². The Labute approximate surface area is 158 Å². The molecule has 0 aliphatic carbocycles. The van der Waals surface area contributed by atoms with Gasteiger partial charge in [-0.2, -0.15) is 5.10 Å². The Hall–Kier alpha value is -2.78. The van der Waals surface area contributed by atoms with Gasteiger partial charge in [-0.3, -0.25) is 0 Å². The van der Waals surface area contributed by atoms with Crippen molar-refractivity contribution < 1.29 is 8.42 Å². The minimum Gasteiger partial charge on any atom is -0.369 e. The second-order valence-corrected chi connectivity index (χ2v) is 7.99. The first-order valence-corrected chi connectivity index (χ1v) is 9.99. The molecule has 3 rings (SSSR count). The molecule has 0 aliphatic rings.